The summed E-state index contributed by atoms with van der Waals surface area (Å²) in [4.78, 5) is 16.0. The number of carbonyl (C=O) groups is 1. The third-order valence-electron chi connectivity index (χ3n) is 5.98. The summed E-state index contributed by atoms with van der Waals surface area (Å²) in [5.41, 5.74) is 2.77. The molecular formula is C28H32N2O4. The van der Waals surface area contributed by atoms with Gasteiger partial charge in [-0.25, -0.2) is 4.79 Å². The second-order valence-corrected chi connectivity index (χ2v) is 8.56. The quantitative estimate of drug-likeness (QED) is 0.448. The Bertz CT molecular complexity index is 1020. The fourth-order valence-electron chi connectivity index (χ4n) is 4.14. The molecule has 0 aliphatic carbocycles. The molecule has 1 heterocycles. The molecule has 0 saturated carbocycles. The Hall–Kier alpha value is -3.35. The highest BCUT2D eigenvalue weighted by Crippen LogP contribution is 2.16. The van der Waals surface area contributed by atoms with Gasteiger partial charge in [0.2, 0.25) is 0 Å². The molecule has 0 radical (unpaired) electrons. The van der Waals surface area contributed by atoms with Crippen molar-refractivity contribution in [2.45, 2.75) is 19.5 Å². The van der Waals surface area contributed by atoms with Crippen molar-refractivity contribution in [3.8, 4) is 11.5 Å². The molecule has 1 fully saturated rings. The molecule has 1 aliphatic rings. The van der Waals surface area contributed by atoms with Gasteiger partial charge in [-0.1, -0.05) is 42.5 Å². The molecule has 178 valence electrons. The first-order valence-corrected chi connectivity index (χ1v) is 11.8. The maximum absolute atomic E-state index is 11.0. The van der Waals surface area contributed by atoms with Crippen molar-refractivity contribution in [3.63, 3.8) is 0 Å². The first-order chi connectivity index (χ1) is 16.7. The minimum absolute atomic E-state index is 0.336. The van der Waals surface area contributed by atoms with Crippen molar-refractivity contribution >= 4 is 5.97 Å². The zero-order valence-electron chi connectivity index (χ0n) is 19.4. The van der Waals surface area contributed by atoms with Gasteiger partial charge in [0, 0.05) is 26.2 Å². The molecule has 0 unspecified atom stereocenters. The van der Waals surface area contributed by atoms with Crippen LogP contribution in [0.25, 0.3) is 0 Å². The molecular weight excluding hydrogens is 428 g/mol. The van der Waals surface area contributed by atoms with Crippen molar-refractivity contribution in [3.05, 3.63) is 95.6 Å². The molecule has 0 atom stereocenters. The van der Waals surface area contributed by atoms with Gasteiger partial charge in [-0.05, 0) is 67.0 Å². The Morgan fingerprint density at radius 1 is 0.676 bits per heavy atom. The number of carboxylic acids is 1. The summed E-state index contributed by atoms with van der Waals surface area (Å²) in [6.45, 7) is 6.95. The molecule has 34 heavy (non-hydrogen) atoms. The van der Waals surface area contributed by atoms with E-state index in [4.69, 9.17) is 14.6 Å². The molecule has 0 bridgehead atoms. The van der Waals surface area contributed by atoms with Crippen molar-refractivity contribution in [1.82, 2.24) is 9.80 Å². The van der Waals surface area contributed by atoms with Gasteiger partial charge in [-0.2, -0.15) is 0 Å². The molecule has 6 nitrogen and oxygen atoms in total. The van der Waals surface area contributed by atoms with E-state index in [-0.39, 0.29) is 0 Å². The Balaban J connectivity index is 1.18. The van der Waals surface area contributed by atoms with Crippen LogP contribution in [0.5, 0.6) is 11.5 Å². The number of ether oxygens (including phenoxy) is 2. The second-order valence-electron chi connectivity index (χ2n) is 8.56. The smallest absolute Gasteiger partial charge is 0.335 e. The largest absolute Gasteiger partial charge is 0.490 e. The van der Waals surface area contributed by atoms with E-state index in [1.807, 2.05) is 54.6 Å². The highest BCUT2D eigenvalue weighted by atomic mass is 16.5. The van der Waals surface area contributed by atoms with Gasteiger partial charge in [-0.3, -0.25) is 9.80 Å². The Morgan fingerprint density at radius 3 is 1.71 bits per heavy atom. The summed E-state index contributed by atoms with van der Waals surface area (Å²) < 4.78 is 11.5. The van der Waals surface area contributed by atoms with E-state index >= 15 is 0 Å². The Labute approximate surface area is 201 Å². The van der Waals surface area contributed by atoms with Crippen molar-refractivity contribution in [2.24, 2.45) is 0 Å². The highest BCUT2D eigenvalue weighted by Gasteiger charge is 2.15. The first kappa shape index (κ1) is 23.8. The SMILES string of the molecule is O=C(O)c1ccc(CN2CCCN(Cc3ccc(OCCOc4ccccc4)cc3)CC2)cc1. The molecule has 6 heteroatoms. The van der Waals surface area contributed by atoms with Crippen LogP contribution < -0.4 is 9.47 Å². The van der Waals surface area contributed by atoms with E-state index in [0.29, 0.717) is 18.8 Å². The molecule has 1 N–H and O–H groups in total. The zero-order chi connectivity index (χ0) is 23.6. The van der Waals surface area contributed by atoms with Crippen LogP contribution in [-0.2, 0) is 13.1 Å². The fraction of sp³-hybridized carbons (Fsp3) is 0.321. The van der Waals surface area contributed by atoms with Crippen LogP contribution in [0.15, 0.2) is 78.9 Å². The average Bonchev–Trinajstić information content (AvgIpc) is 3.09. The van der Waals surface area contributed by atoms with Gasteiger partial charge in [0.25, 0.3) is 0 Å². The monoisotopic (exact) mass is 460 g/mol. The van der Waals surface area contributed by atoms with Gasteiger partial charge in [0.15, 0.2) is 0 Å². The molecule has 1 aliphatic heterocycles. The van der Waals surface area contributed by atoms with Gasteiger partial charge < -0.3 is 14.6 Å². The lowest BCUT2D eigenvalue weighted by Gasteiger charge is -2.22. The number of nitrogens with zero attached hydrogens (tertiary/aromatic N) is 2. The number of carboxylic acid groups (broad SMARTS) is 1. The molecule has 0 aromatic heterocycles. The van der Waals surface area contributed by atoms with Crippen LogP contribution in [-0.4, -0.2) is 60.3 Å². The molecule has 4 rings (SSSR count). The van der Waals surface area contributed by atoms with Crippen LogP contribution in [0.4, 0.5) is 0 Å². The van der Waals surface area contributed by atoms with Gasteiger partial charge >= 0.3 is 5.97 Å². The van der Waals surface area contributed by atoms with Crippen LogP contribution >= 0.6 is 0 Å². The zero-order valence-corrected chi connectivity index (χ0v) is 19.4. The topological polar surface area (TPSA) is 62.2 Å². The number of hydrogen-bond donors (Lipinski definition) is 1. The number of aromatic carboxylic acids is 1. The lowest BCUT2D eigenvalue weighted by atomic mass is 10.1. The van der Waals surface area contributed by atoms with E-state index in [9.17, 15) is 4.79 Å². The Kier molecular flexibility index (Phi) is 8.54. The Morgan fingerprint density at radius 2 is 1.18 bits per heavy atom. The van der Waals surface area contributed by atoms with E-state index in [2.05, 4.69) is 21.9 Å². The standard InChI is InChI=1S/C28H32N2O4/c31-28(32)25-11-7-23(8-12-25)21-29-15-4-16-30(18-17-29)22-24-9-13-27(14-10-24)34-20-19-33-26-5-2-1-3-6-26/h1-3,5-14H,4,15-22H2,(H,31,32). The predicted molar refractivity (Wildman–Crippen MR) is 132 cm³/mol. The summed E-state index contributed by atoms with van der Waals surface area (Å²) >= 11 is 0. The molecule has 3 aromatic rings. The normalized spacial score (nSPS) is 14.9. The lowest BCUT2D eigenvalue weighted by molar-refractivity contribution is 0.0697. The van der Waals surface area contributed by atoms with E-state index in [1.54, 1.807) is 12.1 Å². The summed E-state index contributed by atoms with van der Waals surface area (Å²) in [6.07, 6.45) is 1.12. The number of benzene rings is 3. The summed E-state index contributed by atoms with van der Waals surface area (Å²) in [5, 5.41) is 9.06. The summed E-state index contributed by atoms with van der Waals surface area (Å²) in [5.74, 6) is 0.832. The third-order valence-corrected chi connectivity index (χ3v) is 5.98. The van der Waals surface area contributed by atoms with Crippen LogP contribution in [0.1, 0.15) is 27.9 Å². The molecule has 0 amide bonds. The van der Waals surface area contributed by atoms with Crippen LogP contribution in [0, 0.1) is 0 Å². The molecule has 1 saturated heterocycles. The summed E-state index contributed by atoms with van der Waals surface area (Å²) in [6, 6.07) is 25.3. The van der Waals surface area contributed by atoms with E-state index < -0.39 is 5.97 Å². The second kappa shape index (κ2) is 12.2. The van der Waals surface area contributed by atoms with Gasteiger partial charge in [0.05, 0.1) is 5.56 Å². The average molecular weight is 461 g/mol. The number of para-hydroxylation sites is 1. The maximum atomic E-state index is 11.0. The van der Waals surface area contributed by atoms with Gasteiger partial charge in [0.1, 0.15) is 24.7 Å². The van der Waals surface area contributed by atoms with E-state index in [1.165, 1.54) is 5.56 Å². The highest BCUT2D eigenvalue weighted by molar-refractivity contribution is 5.87. The maximum Gasteiger partial charge on any atom is 0.335 e. The van der Waals surface area contributed by atoms with Gasteiger partial charge in [-0.15, -0.1) is 0 Å². The lowest BCUT2D eigenvalue weighted by Crippen LogP contribution is -2.30. The van der Waals surface area contributed by atoms with Crippen LogP contribution in [0.2, 0.25) is 0 Å². The van der Waals surface area contributed by atoms with Crippen molar-refractivity contribution < 1.29 is 19.4 Å². The van der Waals surface area contributed by atoms with Crippen LogP contribution in [0.3, 0.4) is 0 Å². The number of rotatable bonds is 10. The third kappa shape index (κ3) is 7.33. The first-order valence-electron chi connectivity index (χ1n) is 11.8. The minimum Gasteiger partial charge on any atom is -0.490 e. The van der Waals surface area contributed by atoms with E-state index in [0.717, 1.165) is 62.8 Å². The van der Waals surface area contributed by atoms with Crippen molar-refractivity contribution in [1.29, 1.82) is 0 Å². The minimum atomic E-state index is -0.881. The number of hydrogen-bond acceptors (Lipinski definition) is 5. The molecule has 3 aromatic carbocycles. The van der Waals surface area contributed by atoms with Crippen molar-refractivity contribution in [2.75, 3.05) is 39.4 Å². The summed E-state index contributed by atoms with van der Waals surface area (Å²) in [7, 11) is 0. The fourth-order valence-corrected chi connectivity index (χ4v) is 4.14. The predicted octanol–water partition coefficient (Wildman–Crippen LogP) is 4.55. The molecule has 0 spiro atoms.